The topological polar surface area (TPSA) is 55.8 Å². The monoisotopic (exact) mass is 431 g/mol. The number of hydrogen-bond acceptors (Lipinski definition) is 5. The molecule has 1 fully saturated rings. The highest BCUT2D eigenvalue weighted by molar-refractivity contribution is 8.18. The van der Waals surface area contributed by atoms with E-state index in [1.54, 1.807) is 43.5 Å². The van der Waals surface area contributed by atoms with E-state index in [0.717, 1.165) is 29.3 Å². The van der Waals surface area contributed by atoms with Crippen LogP contribution in [0.3, 0.4) is 0 Å². The molecule has 0 bridgehead atoms. The average molecular weight is 432 g/mol. The molecule has 7 heteroatoms. The minimum absolute atomic E-state index is 0.0686. The summed E-state index contributed by atoms with van der Waals surface area (Å²) in [6, 6.07) is 12.5. The molecule has 152 valence electrons. The van der Waals surface area contributed by atoms with Crippen molar-refractivity contribution in [2.75, 3.05) is 7.11 Å². The van der Waals surface area contributed by atoms with Crippen LogP contribution in [0.4, 0.5) is 4.79 Å². The van der Waals surface area contributed by atoms with E-state index in [2.05, 4.69) is 0 Å². The van der Waals surface area contributed by atoms with E-state index in [-0.39, 0.29) is 23.8 Å². The smallest absolute Gasteiger partial charge is 0.293 e. The summed E-state index contributed by atoms with van der Waals surface area (Å²) in [7, 11) is 1.57. The highest BCUT2D eigenvalue weighted by Gasteiger charge is 2.35. The van der Waals surface area contributed by atoms with Gasteiger partial charge >= 0.3 is 0 Å². The number of amides is 2. The molecule has 3 rings (SSSR count). The highest BCUT2D eigenvalue weighted by Crippen LogP contribution is 2.35. The van der Waals surface area contributed by atoms with Crippen molar-refractivity contribution in [2.45, 2.75) is 32.9 Å². The molecule has 0 radical (unpaired) electrons. The molecule has 2 aromatic carbocycles. The molecule has 1 unspecified atom stereocenters. The first kappa shape index (κ1) is 21.3. The Labute approximate surface area is 179 Å². The number of thioether (sulfide) groups is 1. The fourth-order valence-electron chi connectivity index (χ4n) is 2.73. The molecule has 0 N–H and O–H groups in total. The second-order valence-corrected chi connectivity index (χ2v) is 8.07. The van der Waals surface area contributed by atoms with Crippen LogP contribution < -0.4 is 9.47 Å². The standard InChI is InChI=1S/C22H22ClNO4S/c1-4-14(2)28-18-10-7-16(11-19(18)27-3)12-20-21(25)24(22(26)29-20)13-15-5-8-17(23)9-6-15/h5-12,14H,4,13H2,1-3H3/b20-12-. The first-order chi connectivity index (χ1) is 13.9. The molecule has 5 nitrogen and oxygen atoms in total. The molecule has 29 heavy (non-hydrogen) atoms. The molecule has 1 atom stereocenters. The Bertz CT molecular complexity index is 942. The van der Waals surface area contributed by atoms with Gasteiger partial charge < -0.3 is 9.47 Å². The van der Waals surface area contributed by atoms with Crippen LogP contribution in [0.5, 0.6) is 11.5 Å². The number of halogens is 1. The maximum Gasteiger partial charge on any atom is 0.293 e. The molecule has 1 saturated heterocycles. The van der Waals surface area contributed by atoms with Gasteiger partial charge in [-0.2, -0.15) is 0 Å². The normalized spacial score (nSPS) is 16.4. The van der Waals surface area contributed by atoms with E-state index in [1.165, 1.54) is 4.90 Å². The maximum absolute atomic E-state index is 12.7. The van der Waals surface area contributed by atoms with Crippen LogP contribution in [-0.2, 0) is 11.3 Å². The average Bonchev–Trinajstić information content (AvgIpc) is 2.97. The van der Waals surface area contributed by atoms with E-state index in [1.807, 2.05) is 26.0 Å². The lowest BCUT2D eigenvalue weighted by Gasteiger charge is -2.15. The molecule has 2 amide bonds. The van der Waals surface area contributed by atoms with Gasteiger partial charge in [0.05, 0.1) is 24.7 Å². The van der Waals surface area contributed by atoms with Crippen molar-refractivity contribution in [1.29, 1.82) is 0 Å². The number of rotatable bonds is 7. The van der Waals surface area contributed by atoms with Crippen molar-refractivity contribution in [1.82, 2.24) is 4.90 Å². The van der Waals surface area contributed by atoms with Gasteiger partial charge in [-0.1, -0.05) is 36.7 Å². The Hall–Kier alpha value is -2.44. The lowest BCUT2D eigenvalue weighted by molar-refractivity contribution is -0.123. The van der Waals surface area contributed by atoms with Crippen LogP contribution in [0, 0.1) is 0 Å². The SMILES string of the molecule is CCC(C)Oc1ccc(/C=C2\SC(=O)N(Cc3ccc(Cl)cc3)C2=O)cc1OC. The second kappa shape index (κ2) is 9.37. The maximum atomic E-state index is 12.7. The summed E-state index contributed by atoms with van der Waals surface area (Å²) >= 11 is 6.82. The van der Waals surface area contributed by atoms with Gasteiger partial charge in [-0.3, -0.25) is 14.5 Å². The molecule has 1 heterocycles. The van der Waals surface area contributed by atoms with Crippen LogP contribution in [0.1, 0.15) is 31.4 Å². The fraction of sp³-hybridized carbons (Fsp3) is 0.273. The van der Waals surface area contributed by atoms with E-state index < -0.39 is 0 Å². The highest BCUT2D eigenvalue weighted by atomic mass is 35.5. The molecule has 2 aromatic rings. The summed E-state index contributed by atoms with van der Waals surface area (Å²) in [5.41, 5.74) is 1.60. The zero-order valence-corrected chi connectivity index (χ0v) is 18.0. The van der Waals surface area contributed by atoms with Gasteiger partial charge in [0, 0.05) is 5.02 Å². The van der Waals surface area contributed by atoms with Gasteiger partial charge in [-0.15, -0.1) is 0 Å². The van der Waals surface area contributed by atoms with Gasteiger partial charge in [0.1, 0.15) is 0 Å². The van der Waals surface area contributed by atoms with E-state index >= 15 is 0 Å². The number of carbonyl (C=O) groups excluding carboxylic acids is 2. The predicted molar refractivity (Wildman–Crippen MR) is 116 cm³/mol. The lowest BCUT2D eigenvalue weighted by atomic mass is 10.1. The third-order valence-corrected chi connectivity index (χ3v) is 5.68. The number of benzene rings is 2. The van der Waals surface area contributed by atoms with Crippen LogP contribution >= 0.6 is 23.4 Å². The molecule has 1 aliphatic rings. The molecule has 1 aliphatic heterocycles. The fourth-order valence-corrected chi connectivity index (χ4v) is 3.70. The number of hydrogen-bond donors (Lipinski definition) is 0. The van der Waals surface area contributed by atoms with Crippen LogP contribution in [0.25, 0.3) is 6.08 Å². The molecule has 0 saturated carbocycles. The van der Waals surface area contributed by atoms with E-state index in [9.17, 15) is 9.59 Å². The summed E-state index contributed by atoms with van der Waals surface area (Å²) in [6.07, 6.45) is 2.65. The van der Waals surface area contributed by atoms with Crippen molar-refractivity contribution >= 4 is 40.6 Å². The van der Waals surface area contributed by atoms with Crippen molar-refractivity contribution in [3.05, 3.63) is 63.5 Å². The van der Waals surface area contributed by atoms with Gasteiger partial charge in [0.25, 0.3) is 11.1 Å². The Morgan fingerprint density at radius 2 is 1.86 bits per heavy atom. The van der Waals surface area contributed by atoms with Crippen LogP contribution in [-0.4, -0.2) is 29.3 Å². The third kappa shape index (κ3) is 5.14. The van der Waals surface area contributed by atoms with Crippen molar-refractivity contribution < 1.29 is 19.1 Å². The minimum Gasteiger partial charge on any atom is -0.493 e. The summed E-state index contributed by atoms with van der Waals surface area (Å²) in [5, 5.41) is 0.317. The minimum atomic E-state index is -0.311. The van der Waals surface area contributed by atoms with Gasteiger partial charge in [0.2, 0.25) is 0 Å². The molecule has 0 aromatic heterocycles. The Morgan fingerprint density at radius 1 is 1.14 bits per heavy atom. The zero-order valence-electron chi connectivity index (χ0n) is 16.5. The number of carbonyl (C=O) groups is 2. The molecular formula is C22H22ClNO4S. The summed E-state index contributed by atoms with van der Waals surface area (Å²) in [4.78, 5) is 26.7. The van der Waals surface area contributed by atoms with E-state index in [4.69, 9.17) is 21.1 Å². The zero-order chi connectivity index (χ0) is 21.0. The lowest BCUT2D eigenvalue weighted by Crippen LogP contribution is -2.27. The number of imide groups is 1. The Balaban J connectivity index is 1.79. The Morgan fingerprint density at radius 3 is 2.52 bits per heavy atom. The van der Waals surface area contributed by atoms with Crippen molar-refractivity contribution in [3.8, 4) is 11.5 Å². The summed E-state index contributed by atoms with van der Waals surface area (Å²) < 4.78 is 11.3. The Kier molecular flexibility index (Phi) is 6.87. The number of methoxy groups -OCH3 is 1. The van der Waals surface area contributed by atoms with Crippen molar-refractivity contribution in [2.24, 2.45) is 0 Å². The summed E-state index contributed by atoms with van der Waals surface area (Å²) in [6.45, 7) is 4.25. The van der Waals surface area contributed by atoms with Gasteiger partial charge in [-0.25, -0.2) is 0 Å². The summed E-state index contributed by atoms with van der Waals surface area (Å²) in [5.74, 6) is 0.920. The predicted octanol–water partition coefficient (Wildman–Crippen LogP) is 5.76. The second-order valence-electron chi connectivity index (χ2n) is 6.64. The first-order valence-corrected chi connectivity index (χ1v) is 10.4. The number of ether oxygens (including phenoxy) is 2. The van der Waals surface area contributed by atoms with Gasteiger partial charge in [0.15, 0.2) is 11.5 Å². The van der Waals surface area contributed by atoms with E-state index in [0.29, 0.717) is 21.4 Å². The third-order valence-electron chi connectivity index (χ3n) is 4.52. The molecule has 0 spiro atoms. The molecule has 0 aliphatic carbocycles. The number of nitrogens with zero attached hydrogens (tertiary/aromatic N) is 1. The quantitative estimate of drug-likeness (QED) is 0.521. The van der Waals surface area contributed by atoms with Gasteiger partial charge in [-0.05, 0) is 66.6 Å². The van der Waals surface area contributed by atoms with Crippen LogP contribution in [0.15, 0.2) is 47.4 Å². The first-order valence-electron chi connectivity index (χ1n) is 9.25. The molecular weight excluding hydrogens is 410 g/mol. The largest absolute Gasteiger partial charge is 0.493 e. The van der Waals surface area contributed by atoms with Crippen LogP contribution in [0.2, 0.25) is 5.02 Å². The van der Waals surface area contributed by atoms with Crippen molar-refractivity contribution in [3.63, 3.8) is 0 Å².